The fourth-order valence-corrected chi connectivity index (χ4v) is 4.15. The van der Waals surface area contributed by atoms with Crippen LogP contribution in [0.25, 0.3) is 0 Å². The Kier molecular flexibility index (Phi) is 7.47. The first-order chi connectivity index (χ1) is 16.3. The molecule has 33 heavy (non-hydrogen) atoms. The fraction of sp³-hybridized carbons (Fsp3) is 0.222. The highest BCUT2D eigenvalue weighted by Crippen LogP contribution is 2.29. The van der Waals surface area contributed by atoms with Crippen LogP contribution in [-0.2, 0) is 11.3 Å². The lowest BCUT2D eigenvalue weighted by Gasteiger charge is -2.39. The Bertz CT molecular complexity index is 1060. The Hall–Kier alpha value is -3.95. The van der Waals surface area contributed by atoms with Crippen LogP contribution in [0.5, 0.6) is 0 Å². The lowest BCUT2D eigenvalue weighted by atomic mass is 9.96. The van der Waals surface area contributed by atoms with Gasteiger partial charge in [-0.15, -0.1) is 0 Å². The minimum absolute atomic E-state index is 0.125. The third-order valence-electron chi connectivity index (χ3n) is 5.85. The molecule has 1 amide bonds. The highest BCUT2D eigenvalue weighted by molar-refractivity contribution is 5.97. The number of amides is 1. The average Bonchev–Trinajstić information content (AvgIpc) is 2.89. The van der Waals surface area contributed by atoms with Gasteiger partial charge in [0.2, 0.25) is 0 Å². The number of pyridine rings is 1. The fourth-order valence-electron chi connectivity index (χ4n) is 4.15. The zero-order valence-corrected chi connectivity index (χ0v) is 18.5. The minimum atomic E-state index is -0.227. The summed E-state index contributed by atoms with van der Waals surface area (Å²) in [6.07, 6.45) is 4.95. The second kappa shape index (κ2) is 11.1. The number of nitriles is 1. The second-order valence-corrected chi connectivity index (χ2v) is 7.96. The normalized spacial score (nSPS) is 14.7. The summed E-state index contributed by atoms with van der Waals surface area (Å²) in [6, 6.07) is 26.9. The van der Waals surface area contributed by atoms with Gasteiger partial charge in [-0.3, -0.25) is 14.7 Å². The summed E-state index contributed by atoms with van der Waals surface area (Å²) in [7, 11) is 0. The van der Waals surface area contributed by atoms with E-state index in [0.29, 0.717) is 19.6 Å². The van der Waals surface area contributed by atoms with Crippen LogP contribution in [0, 0.1) is 11.3 Å². The molecule has 6 nitrogen and oxygen atoms in total. The van der Waals surface area contributed by atoms with Crippen LogP contribution in [0.4, 0.5) is 0 Å². The molecule has 0 atom stereocenters. The van der Waals surface area contributed by atoms with Gasteiger partial charge in [0.25, 0.3) is 5.91 Å². The zero-order chi connectivity index (χ0) is 22.9. The Morgan fingerprint density at radius 2 is 1.52 bits per heavy atom. The number of aromatic nitrogens is 1. The molecule has 1 aromatic heterocycles. The third kappa shape index (κ3) is 5.65. The average molecular weight is 438 g/mol. The molecule has 1 aliphatic rings. The number of nitrogens with zero attached hydrogens (tertiary/aromatic N) is 4. The largest absolute Gasteiger partial charge is 0.386 e. The van der Waals surface area contributed by atoms with Crippen LogP contribution in [0.1, 0.15) is 22.7 Å². The number of nitrogens with one attached hydrogen (secondary N) is 1. The Morgan fingerprint density at radius 3 is 2.06 bits per heavy atom. The highest BCUT2D eigenvalue weighted by atomic mass is 16.2. The lowest BCUT2D eigenvalue weighted by molar-refractivity contribution is -0.128. The van der Waals surface area contributed by atoms with Crippen LogP contribution in [0.2, 0.25) is 0 Å². The monoisotopic (exact) mass is 437 g/mol. The van der Waals surface area contributed by atoms with Crippen LogP contribution in [0.3, 0.4) is 0 Å². The Morgan fingerprint density at radius 1 is 0.939 bits per heavy atom. The van der Waals surface area contributed by atoms with E-state index in [4.69, 9.17) is 0 Å². The van der Waals surface area contributed by atoms with Gasteiger partial charge in [-0.25, -0.2) is 0 Å². The van der Waals surface area contributed by atoms with Gasteiger partial charge in [0.1, 0.15) is 11.6 Å². The van der Waals surface area contributed by atoms with Crippen molar-refractivity contribution in [3.05, 3.63) is 114 Å². The van der Waals surface area contributed by atoms with E-state index >= 15 is 0 Å². The lowest BCUT2D eigenvalue weighted by Crippen LogP contribution is -2.50. The molecule has 3 aromatic rings. The summed E-state index contributed by atoms with van der Waals surface area (Å²) in [5.41, 5.74) is 3.63. The summed E-state index contributed by atoms with van der Waals surface area (Å²) in [6.45, 7) is 3.17. The maximum absolute atomic E-state index is 13.0. The van der Waals surface area contributed by atoms with Crippen molar-refractivity contribution in [2.75, 3.05) is 26.2 Å². The maximum atomic E-state index is 13.0. The topological polar surface area (TPSA) is 72.3 Å². The SMILES string of the molecule is N#C/C(=C/NCc1ccncc1)C(=O)N1CCN(C(c2ccccc2)c2ccccc2)CC1. The maximum Gasteiger partial charge on any atom is 0.266 e. The van der Waals surface area contributed by atoms with E-state index in [1.807, 2.05) is 24.3 Å². The predicted octanol–water partition coefficient (Wildman–Crippen LogP) is 3.51. The van der Waals surface area contributed by atoms with E-state index in [1.54, 1.807) is 17.3 Å². The number of hydrogen-bond acceptors (Lipinski definition) is 5. The summed E-state index contributed by atoms with van der Waals surface area (Å²) in [4.78, 5) is 21.1. The van der Waals surface area contributed by atoms with E-state index in [-0.39, 0.29) is 17.5 Å². The minimum Gasteiger partial charge on any atom is -0.386 e. The van der Waals surface area contributed by atoms with Crippen LogP contribution in [-0.4, -0.2) is 46.9 Å². The van der Waals surface area contributed by atoms with Crippen molar-refractivity contribution in [3.8, 4) is 6.07 Å². The summed E-state index contributed by atoms with van der Waals surface area (Å²) in [5.74, 6) is -0.227. The van der Waals surface area contributed by atoms with Crippen molar-refractivity contribution in [1.29, 1.82) is 5.26 Å². The van der Waals surface area contributed by atoms with Gasteiger partial charge in [0.05, 0.1) is 6.04 Å². The van der Waals surface area contributed by atoms with Gasteiger partial charge >= 0.3 is 0 Å². The number of carbonyl (C=O) groups excluding carboxylic acids is 1. The highest BCUT2D eigenvalue weighted by Gasteiger charge is 2.29. The number of hydrogen-bond donors (Lipinski definition) is 1. The second-order valence-electron chi connectivity index (χ2n) is 7.96. The zero-order valence-electron chi connectivity index (χ0n) is 18.5. The Labute approximate surface area is 194 Å². The molecule has 1 N–H and O–H groups in total. The van der Waals surface area contributed by atoms with Crippen molar-refractivity contribution in [2.45, 2.75) is 12.6 Å². The summed E-state index contributed by atoms with van der Waals surface area (Å²) < 4.78 is 0. The molecular formula is C27H27N5O. The van der Waals surface area contributed by atoms with Crippen LogP contribution >= 0.6 is 0 Å². The molecule has 2 aromatic carbocycles. The van der Waals surface area contributed by atoms with E-state index in [9.17, 15) is 10.1 Å². The van der Waals surface area contributed by atoms with Crippen molar-refractivity contribution >= 4 is 5.91 Å². The molecule has 0 radical (unpaired) electrons. The number of benzene rings is 2. The smallest absolute Gasteiger partial charge is 0.266 e. The van der Waals surface area contributed by atoms with Gasteiger partial charge in [-0.2, -0.15) is 5.26 Å². The third-order valence-corrected chi connectivity index (χ3v) is 5.85. The molecule has 0 aliphatic carbocycles. The first-order valence-corrected chi connectivity index (χ1v) is 11.1. The van der Waals surface area contributed by atoms with Crippen molar-refractivity contribution < 1.29 is 4.79 Å². The molecule has 166 valence electrons. The van der Waals surface area contributed by atoms with Crippen LogP contribution in [0.15, 0.2) is 97.0 Å². The standard InChI is InChI=1S/C27H27N5O/c28-19-25(21-30-20-22-11-13-29-14-12-22)27(33)32-17-15-31(16-18-32)26(23-7-3-1-4-8-23)24-9-5-2-6-10-24/h1-14,21,26,30H,15-18,20H2/b25-21-. The number of rotatable bonds is 7. The molecular weight excluding hydrogens is 410 g/mol. The molecule has 1 aliphatic heterocycles. The summed E-state index contributed by atoms with van der Waals surface area (Å²) >= 11 is 0. The van der Waals surface area contributed by atoms with Gasteiger partial charge in [0.15, 0.2) is 0 Å². The van der Waals surface area contributed by atoms with Crippen molar-refractivity contribution in [2.24, 2.45) is 0 Å². The molecule has 1 saturated heterocycles. The summed E-state index contributed by atoms with van der Waals surface area (Å²) in [5, 5.41) is 12.6. The molecule has 1 fully saturated rings. The number of carbonyl (C=O) groups is 1. The van der Waals surface area contributed by atoms with Crippen molar-refractivity contribution in [1.82, 2.24) is 20.1 Å². The molecule has 0 unspecified atom stereocenters. The van der Waals surface area contributed by atoms with Gasteiger partial charge in [-0.1, -0.05) is 60.7 Å². The molecule has 2 heterocycles. The van der Waals surface area contributed by atoms with E-state index in [1.165, 1.54) is 17.3 Å². The van der Waals surface area contributed by atoms with Crippen LogP contribution < -0.4 is 5.32 Å². The van der Waals surface area contributed by atoms with E-state index in [2.05, 4.69) is 69.8 Å². The predicted molar refractivity (Wildman–Crippen MR) is 128 cm³/mol. The molecule has 0 bridgehead atoms. The molecule has 4 rings (SSSR count). The molecule has 6 heteroatoms. The first kappa shape index (κ1) is 22.3. The van der Waals surface area contributed by atoms with Crippen molar-refractivity contribution in [3.63, 3.8) is 0 Å². The van der Waals surface area contributed by atoms with Gasteiger partial charge < -0.3 is 10.2 Å². The molecule has 0 spiro atoms. The van der Waals surface area contributed by atoms with Gasteiger partial charge in [0, 0.05) is 51.3 Å². The van der Waals surface area contributed by atoms with Gasteiger partial charge in [-0.05, 0) is 28.8 Å². The quantitative estimate of drug-likeness (QED) is 0.452. The molecule has 0 saturated carbocycles. The Balaban J connectivity index is 1.41. The number of piperazine rings is 1. The van der Waals surface area contributed by atoms with E-state index < -0.39 is 0 Å². The first-order valence-electron chi connectivity index (χ1n) is 11.1. The van der Waals surface area contributed by atoms with E-state index in [0.717, 1.165) is 18.7 Å².